The molecule has 1 heterocycles. The van der Waals surface area contributed by atoms with Crippen molar-refractivity contribution in [2.45, 2.75) is 12.8 Å². The van der Waals surface area contributed by atoms with Gasteiger partial charge in [-0.15, -0.1) is 0 Å². The predicted molar refractivity (Wildman–Crippen MR) is 60.7 cm³/mol. The minimum Gasteiger partial charge on any atom is -0.385 e. The molecular weight excluding hydrogens is 214 g/mol. The van der Waals surface area contributed by atoms with Gasteiger partial charge in [0.25, 0.3) is 0 Å². The van der Waals surface area contributed by atoms with Crippen LogP contribution in [0.15, 0.2) is 0 Å². The molecule has 1 fully saturated rings. The molecule has 0 spiro atoms. The van der Waals surface area contributed by atoms with E-state index in [0.717, 1.165) is 19.4 Å². The van der Waals surface area contributed by atoms with E-state index in [9.17, 15) is 8.42 Å². The Bertz CT molecular complexity index is 276. The number of methoxy groups -OCH3 is 1. The van der Waals surface area contributed by atoms with E-state index >= 15 is 0 Å². The topological polar surface area (TPSA) is 55.4 Å². The Balaban J connectivity index is 2.49. The number of hydrogen-bond acceptors (Lipinski definition) is 4. The molecule has 1 aliphatic heterocycles. The first-order valence-electron chi connectivity index (χ1n) is 5.43. The molecule has 1 rings (SSSR count). The van der Waals surface area contributed by atoms with Crippen LogP contribution in [-0.4, -0.2) is 47.2 Å². The van der Waals surface area contributed by atoms with Gasteiger partial charge in [-0.2, -0.15) is 0 Å². The molecule has 0 amide bonds. The molecule has 4 nitrogen and oxygen atoms in total. The van der Waals surface area contributed by atoms with Crippen molar-refractivity contribution in [1.29, 1.82) is 0 Å². The van der Waals surface area contributed by atoms with Gasteiger partial charge < -0.3 is 10.1 Å². The minimum atomic E-state index is -2.75. The number of ether oxygens (including phenoxy) is 1. The first kappa shape index (κ1) is 12.9. The average Bonchev–Trinajstić information content (AvgIpc) is 2.53. The van der Waals surface area contributed by atoms with E-state index in [1.165, 1.54) is 0 Å². The summed E-state index contributed by atoms with van der Waals surface area (Å²) in [4.78, 5) is 0. The first-order chi connectivity index (χ1) is 7.09. The number of sulfone groups is 1. The highest BCUT2D eigenvalue weighted by Crippen LogP contribution is 2.27. The van der Waals surface area contributed by atoms with Crippen molar-refractivity contribution in [2.75, 3.05) is 38.8 Å². The summed E-state index contributed by atoms with van der Waals surface area (Å²) in [5, 5.41) is 3.13. The third kappa shape index (κ3) is 4.09. The molecule has 0 saturated carbocycles. The molecule has 0 radical (unpaired) electrons. The molecule has 1 N–H and O–H groups in total. The molecule has 2 unspecified atom stereocenters. The fourth-order valence-electron chi connectivity index (χ4n) is 2.23. The van der Waals surface area contributed by atoms with Crippen molar-refractivity contribution in [3.63, 3.8) is 0 Å². The summed E-state index contributed by atoms with van der Waals surface area (Å²) in [5.74, 6) is 1.47. The lowest BCUT2D eigenvalue weighted by Crippen LogP contribution is -2.28. The lowest BCUT2D eigenvalue weighted by molar-refractivity contribution is 0.163. The van der Waals surface area contributed by atoms with Crippen LogP contribution in [-0.2, 0) is 14.6 Å². The van der Waals surface area contributed by atoms with Gasteiger partial charge >= 0.3 is 0 Å². The van der Waals surface area contributed by atoms with Crippen LogP contribution in [0.2, 0.25) is 0 Å². The second kappa shape index (κ2) is 5.82. The van der Waals surface area contributed by atoms with E-state index in [0.29, 0.717) is 29.9 Å². The zero-order valence-electron chi connectivity index (χ0n) is 9.53. The third-order valence-electron chi connectivity index (χ3n) is 3.09. The predicted octanol–water partition coefficient (Wildman–Crippen LogP) is 0.293. The van der Waals surface area contributed by atoms with Gasteiger partial charge in [-0.25, -0.2) is 8.42 Å². The highest BCUT2D eigenvalue weighted by atomic mass is 32.2. The summed E-state index contributed by atoms with van der Waals surface area (Å²) in [6.07, 6.45) is 1.76. The Morgan fingerprint density at radius 1 is 1.53 bits per heavy atom. The quantitative estimate of drug-likeness (QED) is 0.719. The van der Waals surface area contributed by atoms with Crippen molar-refractivity contribution in [2.24, 2.45) is 11.8 Å². The zero-order valence-corrected chi connectivity index (χ0v) is 10.3. The van der Waals surface area contributed by atoms with Crippen molar-refractivity contribution in [3.05, 3.63) is 0 Å². The summed E-state index contributed by atoms with van der Waals surface area (Å²) in [5.41, 5.74) is 0. The Morgan fingerprint density at radius 2 is 2.27 bits per heavy atom. The summed E-state index contributed by atoms with van der Waals surface area (Å²) in [6, 6.07) is 0. The summed E-state index contributed by atoms with van der Waals surface area (Å²) in [6.45, 7) is 1.59. The van der Waals surface area contributed by atoms with Crippen LogP contribution >= 0.6 is 0 Å². The van der Waals surface area contributed by atoms with E-state index in [1.807, 2.05) is 7.05 Å². The molecule has 1 saturated heterocycles. The summed E-state index contributed by atoms with van der Waals surface area (Å²) < 4.78 is 27.8. The highest BCUT2D eigenvalue weighted by molar-refractivity contribution is 7.91. The van der Waals surface area contributed by atoms with E-state index in [2.05, 4.69) is 5.32 Å². The Morgan fingerprint density at radius 3 is 2.73 bits per heavy atom. The fourth-order valence-corrected chi connectivity index (χ4v) is 4.15. The SMILES string of the molecule is CNCC(CCOC)C1CCS(=O)(=O)C1. The number of rotatable bonds is 6. The van der Waals surface area contributed by atoms with Crippen LogP contribution in [0.25, 0.3) is 0 Å². The Kier molecular flexibility index (Phi) is 5.02. The molecule has 0 aromatic rings. The monoisotopic (exact) mass is 235 g/mol. The van der Waals surface area contributed by atoms with E-state index in [-0.39, 0.29) is 0 Å². The molecule has 0 aromatic heterocycles. The lowest BCUT2D eigenvalue weighted by atomic mass is 9.89. The van der Waals surface area contributed by atoms with Gasteiger partial charge in [0, 0.05) is 13.7 Å². The first-order valence-corrected chi connectivity index (χ1v) is 7.25. The maximum Gasteiger partial charge on any atom is 0.150 e. The van der Waals surface area contributed by atoms with Gasteiger partial charge in [-0.05, 0) is 38.3 Å². The normalized spacial score (nSPS) is 26.7. The number of hydrogen-bond donors (Lipinski definition) is 1. The van der Waals surface area contributed by atoms with E-state index < -0.39 is 9.84 Å². The Labute approximate surface area is 92.3 Å². The van der Waals surface area contributed by atoms with Crippen LogP contribution in [0, 0.1) is 11.8 Å². The van der Waals surface area contributed by atoms with Gasteiger partial charge in [0.2, 0.25) is 0 Å². The van der Waals surface area contributed by atoms with Crippen LogP contribution in [0.1, 0.15) is 12.8 Å². The van der Waals surface area contributed by atoms with Gasteiger partial charge in [-0.3, -0.25) is 0 Å². The van der Waals surface area contributed by atoms with Gasteiger partial charge in [0.15, 0.2) is 9.84 Å². The third-order valence-corrected chi connectivity index (χ3v) is 4.89. The number of nitrogens with one attached hydrogen (secondary N) is 1. The molecule has 2 atom stereocenters. The van der Waals surface area contributed by atoms with Crippen LogP contribution < -0.4 is 5.32 Å². The molecule has 5 heteroatoms. The molecule has 15 heavy (non-hydrogen) atoms. The minimum absolute atomic E-state index is 0.317. The van der Waals surface area contributed by atoms with Crippen LogP contribution in [0.5, 0.6) is 0 Å². The molecular formula is C10H21NO3S. The van der Waals surface area contributed by atoms with E-state index in [1.54, 1.807) is 7.11 Å². The van der Waals surface area contributed by atoms with Crippen LogP contribution in [0.3, 0.4) is 0 Å². The lowest BCUT2D eigenvalue weighted by Gasteiger charge is -2.21. The average molecular weight is 235 g/mol. The molecule has 0 bridgehead atoms. The molecule has 0 aliphatic carbocycles. The smallest absolute Gasteiger partial charge is 0.150 e. The Hall–Kier alpha value is -0.130. The molecule has 0 aromatic carbocycles. The highest BCUT2D eigenvalue weighted by Gasteiger charge is 2.32. The largest absolute Gasteiger partial charge is 0.385 e. The van der Waals surface area contributed by atoms with Gasteiger partial charge in [0.05, 0.1) is 11.5 Å². The summed E-state index contributed by atoms with van der Waals surface area (Å²) >= 11 is 0. The molecule has 1 aliphatic rings. The van der Waals surface area contributed by atoms with E-state index in [4.69, 9.17) is 4.74 Å². The van der Waals surface area contributed by atoms with Crippen molar-refractivity contribution in [1.82, 2.24) is 5.32 Å². The van der Waals surface area contributed by atoms with Gasteiger partial charge in [-0.1, -0.05) is 0 Å². The second-order valence-electron chi connectivity index (χ2n) is 4.26. The zero-order chi connectivity index (χ0) is 11.3. The maximum absolute atomic E-state index is 11.4. The summed E-state index contributed by atoms with van der Waals surface area (Å²) in [7, 11) is 0.836. The standard InChI is InChI=1S/C10H21NO3S/c1-11-7-9(3-5-14-2)10-4-6-15(12,13)8-10/h9-11H,3-8H2,1-2H3. The van der Waals surface area contributed by atoms with Crippen molar-refractivity contribution >= 4 is 9.84 Å². The van der Waals surface area contributed by atoms with Gasteiger partial charge in [0.1, 0.15) is 0 Å². The molecule has 90 valence electrons. The van der Waals surface area contributed by atoms with Crippen LogP contribution in [0.4, 0.5) is 0 Å². The second-order valence-corrected chi connectivity index (χ2v) is 6.49. The maximum atomic E-state index is 11.4. The van der Waals surface area contributed by atoms with Crippen molar-refractivity contribution < 1.29 is 13.2 Å². The van der Waals surface area contributed by atoms with Crippen molar-refractivity contribution in [3.8, 4) is 0 Å². The fraction of sp³-hybridized carbons (Fsp3) is 1.00.